The third-order valence-electron chi connectivity index (χ3n) is 2.54. The molecule has 4 N–H and O–H groups in total. The first-order valence-electron chi connectivity index (χ1n) is 5.35. The number of carbonyl (C=O) groups excluding carboxylic acids is 1. The van der Waals surface area contributed by atoms with Crippen molar-refractivity contribution >= 4 is 11.6 Å². The molecule has 94 valence electrons. The van der Waals surface area contributed by atoms with Crippen LogP contribution in [0.2, 0.25) is 0 Å². The van der Waals surface area contributed by atoms with E-state index in [-0.39, 0.29) is 18.2 Å². The molecule has 1 amide bonds. The first kappa shape index (κ1) is 12.0. The first-order valence-corrected chi connectivity index (χ1v) is 5.35. The average Bonchev–Trinajstić information content (AvgIpc) is 2.76. The summed E-state index contributed by atoms with van der Waals surface area (Å²) >= 11 is 0. The Kier molecular flexibility index (Phi) is 3.18. The summed E-state index contributed by atoms with van der Waals surface area (Å²) in [5.41, 5.74) is 7.06. The van der Waals surface area contributed by atoms with Crippen molar-refractivity contribution in [2.45, 2.75) is 13.5 Å². The Morgan fingerprint density at radius 1 is 1.56 bits per heavy atom. The quantitative estimate of drug-likeness (QED) is 0.558. The lowest BCUT2D eigenvalue weighted by Crippen LogP contribution is -2.23. The number of phenolic OH excluding ortho intramolecular Hbond substituents is 1. The molecular weight excluding hydrogens is 234 g/mol. The third kappa shape index (κ3) is 2.42. The van der Waals surface area contributed by atoms with E-state index in [1.165, 1.54) is 12.3 Å². The van der Waals surface area contributed by atoms with Crippen LogP contribution in [0.3, 0.4) is 0 Å². The zero-order valence-corrected chi connectivity index (χ0v) is 9.80. The Hall–Kier alpha value is -2.50. The number of rotatable bonds is 3. The maximum absolute atomic E-state index is 11.8. The van der Waals surface area contributed by atoms with Crippen LogP contribution < -0.4 is 11.1 Å². The van der Waals surface area contributed by atoms with Gasteiger partial charge in [0, 0.05) is 17.8 Å². The minimum absolute atomic E-state index is 0.0894. The third-order valence-corrected chi connectivity index (χ3v) is 2.54. The van der Waals surface area contributed by atoms with E-state index in [0.717, 1.165) is 0 Å². The van der Waals surface area contributed by atoms with Gasteiger partial charge in [-0.1, -0.05) is 5.16 Å². The van der Waals surface area contributed by atoms with Gasteiger partial charge in [-0.2, -0.15) is 0 Å². The fraction of sp³-hybridized carbons (Fsp3) is 0.167. The number of hydrogen-bond acceptors (Lipinski definition) is 5. The van der Waals surface area contributed by atoms with Crippen molar-refractivity contribution in [3.63, 3.8) is 0 Å². The van der Waals surface area contributed by atoms with E-state index in [4.69, 9.17) is 10.3 Å². The smallest absolute Gasteiger partial charge is 0.256 e. The van der Waals surface area contributed by atoms with E-state index in [1.807, 2.05) is 0 Å². The van der Waals surface area contributed by atoms with Crippen LogP contribution in [-0.4, -0.2) is 16.2 Å². The second-order valence-corrected chi connectivity index (χ2v) is 3.87. The largest absolute Gasteiger partial charge is 0.508 e. The van der Waals surface area contributed by atoms with Crippen molar-refractivity contribution in [2.24, 2.45) is 0 Å². The molecule has 0 bridgehead atoms. The molecule has 1 aromatic carbocycles. The SMILES string of the molecule is Cc1oncc1C(=O)NCc1cc(N)ccc1O. The summed E-state index contributed by atoms with van der Waals surface area (Å²) in [6.07, 6.45) is 1.35. The van der Waals surface area contributed by atoms with Gasteiger partial charge in [0.25, 0.3) is 5.91 Å². The molecule has 0 aliphatic rings. The number of phenols is 1. The van der Waals surface area contributed by atoms with Gasteiger partial charge in [-0.25, -0.2) is 0 Å². The fourth-order valence-electron chi connectivity index (χ4n) is 1.53. The Morgan fingerprint density at radius 3 is 3.00 bits per heavy atom. The van der Waals surface area contributed by atoms with Gasteiger partial charge in [-0.3, -0.25) is 4.79 Å². The van der Waals surface area contributed by atoms with E-state index < -0.39 is 0 Å². The summed E-state index contributed by atoms with van der Waals surface area (Å²) in [6, 6.07) is 4.68. The van der Waals surface area contributed by atoms with E-state index in [1.54, 1.807) is 19.1 Å². The number of anilines is 1. The topological polar surface area (TPSA) is 101 Å². The standard InChI is InChI=1S/C12H13N3O3/c1-7-10(6-15-18-7)12(17)14-5-8-4-9(13)2-3-11(8)16/h2-4,6,16H,5,13H2,1H3,(H,14,17). The highest BCUT2D eigenvalue weighted by Gasteiger charge is 2.13. The molecule has 0 aliphatic heterocycles. The van der Waals surface area contributed by atoms with Crippen molar-refractivity contribution in [3.05, 3.63) is 41.3 Å². The Labute approximate surface area is 103 Å². The highest BCUT2D eigenvalue weighted by atomic mass is 16.5. The van der Waals surface area contributed by atoms with E-state index in [0.29, 0.717) is 22.6 Å². The lowest BCUT2D eigenvalue weighted by atomic mass is 10.1. The normalized spacial score (nSPS) is 10.3. The predicted octanol–water partition coefficient (Wildman–Crippen LogP) is 1.20. The zero-order valence-electron chi connectivity index (χ0n) is 9.80. The summed E-state index contributed by atoms with van der Waals surface area (Å²) in [5.74, 6) is 0.228. The maximum atomic E-state index is 11.8. The van der Waals surface area contributed by atoms with Crippen LogP contribution >= 0.6 is 0 Å². The molecule has 0 saturated carbocycles. The fourth-order valence-corrected chi connectivity index (χ4v) is 1.53. The molecule has 18 heavy (non-hydrogen) atoms. The molecule has 1 aromatic heterocycles. The van der Waals surface area contributed by atoms with Crippen molar-refractivity contribution in [1.82, 2.24) is 10.5 Å². The van der Waals surface area contributed by atoms with Crippen LogP contribution in [0.5, 0.6) is 5.75 Å². The molecule has 0 fully saturated rings. The number of nitrogens with one attached hydrogen (secondary N) is 1. The number of benzene rings is 1. The summed E-state index contributed by atoms with van der Waals surface area (Å²) < 4.78 is 4.80. The lowest BCUT2D eigenvalue weighted by Gasteiger charge is -2.07. The zero-order chi connectivity index (χ0) is 13.1. The Morgan fingerprint density at radius 2 is 2.33 bits per heavy atom. The predicted molar refractivity (Wildman–Crippen MR) is 64.9 cm³/mol. The number of nitrogens with two attached hydrogens (primary N) is 1. The molecular formula is C12H13N3O3. The van der Waals surface area contributed by atoms with Gasteiger partial charge >= 0.3 is 0 Å². The minimum atomic E-state index is -0.310. The number of hydrogen-bond donors (Lipinski definition) is 3. The van der Waals surface area contributed by atoms with Gasteiger partial charge < -0.3 is 20.7 Å². The molecule has 0 aliphatic carbocycles. The molecule has 0 atom stereocenters. The second kappa shape index (κ2) is 4.79. The van der Waals surface area contributed by atoms with Crippen LogP contribution in [0.25, 0.3) is 0 Å². The summed E-state index contributed by atoms with van der Waals surface area (Å²) in [4.78, 5) is 11.8. The van der Waals surface area contributed by atoms with Crippen molar-refractivity contribution in [1.29, 1.82) is 0 Å². The van der Waals surface area contributed by atoms with Crippen molar-refractivity contribution < 1.29 is 14.4 Å². The number of aromatic hydroxyl groups is 1. The van der Waals surface area contributed by atoms with Gasteiger partial charge in [0.05, 0.1) is 6.20 Å². The first-order chi connectivity index (χ1) is 8.58. The van der Waals surface area contributed by atoms with E-state index in [2.05, 4.69) is 10.5 Å². The van der Waals surface area contributed by atoms with Crippen LogP contribution in [0.15, 0.2) is 28.9 Å². The minimum Gasteiger partial charge on any atom is -0.508 e. The second-order valence-electron chi connectivity index (χ2n) is 3.87. The molecule has 0 spiro atoms. The van der Waals surface area contributed by atoms with Gasteiger partial charge in [-0.15, -0.1) is 0 Å². The van der Waals surface area contributed by atoms with Gasteiger partial charge in [-0.05, 0) is 25.1 Å². The van der Waals surface area contributed by atoms with E-state index in [9.17, 15) is 9.90 Å². The number of nitrogen functional groups attached to an aromatic ring is 1. The monoisotopic (exact) mass is 247 g/mol. The highest BCUT2D eigenvalue weighted by molar-refractivity contribution is 5.94. The number of nitrogens with zero attached hydrogens (tertiary/aromatic N) is 1. The Balaban J connectivity index is 2.06. The van der Waals surface area contributed by atoms with Gasteiger partial charge in [0.15, 0.2) is 0 Å². The average molecular weight is 247 g/mol. The number of amides is 1. The molecule has 0 radical (unpaired) electrons. The molecule has 1 heterocycles. The molecule has 2 aromatic rings. The van der Waals surface area contributed by atoms with Crippen LogP contribution in [0.4, 0.5) is 5.69 Å². The Bertz CT molecular complexity index is 578. The molecule has 0 saturated heterocycles. The van der Waals surface area contributed by atoms with Gasteiger partial charge in [0.2, 0.25) is 0 Å². The number of aryl methyl sites for hydroxylation is 1. The maximum Gasteiger partial charge on any atom is 0.256 e. The number of carbonyl (C=O) groups is 1. The molecule has 0 unspecified atom stereocenters. The summed E-state index contributed by atoms with van der Waals surface area (Å²) in [7, 11) is 0. The highest BCUT2D eigenvalue weighted by Crippen LogP contribution is 2.19. The van der Waals surface area contributed by atoms with Crippen LogP contribution in [0, 0.1) is 6.92 Å². The molecule has 6 heteroatoms. The lowest BCUT2D eigenvalue weighted by molar-refractivity contribution is 0.0949. The van der Waals surface area contributed by atoms with Crippen molar-refractivity contribution in [3.8, 4) is 5.75 Å². The molecule has 2 rings (SSSR count). The van der Waals surface area contributed by atoms with Gasteiger partial charge in [0.1, 0.15) is 17.1 Å². The summed E-state index contributed by atoms with van der Waals surface area (Å²) in [5, 5.41) is 15.8. The van der Waals surface area contributed by atoms with Crippen LogP contribution in [-0.2, 0) is 6.54 Å². The summed E-state index contributed by atoms with van der Waals surface area (Å²) in [6.45, 7) is 1.83. The van der Waals surface area contributed by atoms with E-state index >= 15 is 0 Å². The number of aromatic nitrogens is 1. The van der Waals surface area contributed by atoms with Crippen LogP contribution in [0.1, 0.15) is 21.7 Å². The van der Waals surface area contributed by atoms with Crippen molar-refractivity contribution in [2.75, 3.05) is 5.73 Å². The molecule has 6 nitrogen and oxygen atoms in total.